The summed E-state index contributed by atoms with van der Waals surface area (Å²) in [6.45, 7) is 3.64. The highest BCUT2D eigenvalue weighted by Gasteiger charge is 2.23. The Kier molecular flexibility index (Phi) is 4.84. The lowest BCUT2D eigenvalue weighted by Gasteiger charge is -2.16. The lowest BCUT2D eigenvalue weighted by molar-refractivity contribution is -0.139. The van der Waals surface area contributed by atoms with Crippen LogP contribution in [0.1, 0.15) is 30.6 Å². The molecule has 20 heavy (non-hydrogen) atoms. The van der Waals surface area contributed by atoms with E-state index in [9.17, 15) is 19.2 Å². The minimum absolute atomic E-state index is 0.0646. The Morgan fingerprint density at radius 3 is 2.50 bits per heavy atom. The van der Waals surface area contributed by atoms with E-state index < -0.39 is 29.2 Å². The highest BCUT2D eigenvalue weighted by Crippen LogP contribution is 2.05. The van der Waals surface area contributed by atoms with E-state index in [1.54, 1.807) is 0 Å². The summed E-state index contributed by atoms with van der Waals surface area (Å²) in [5, 5.41) is 11.3. The number of carboxylic acids is 1. The molecule has 0 spiro atoms. The number of hydrogen-bond acceptors (Lipinski definition) is 4. The number of aliphatic carboxylic acids is 1. The average molecular weight is 283 g/mol. The fourth-order valence-corrected chi connectivity index (χ4v) is 1.65. The van der Waals surface area contributed by atoms with Crippen LogP contribution >= 0.6 is 0 Å². The molecule has 110 valence electrons. The van der Waals surface area contributed by atoms with Crippen LogP contribution in [0.25, 0.3) is 0 Å². The van der Waals surface area contributed by atoms with E-state index in [1.165, 1.54) is 7.05 Å². The predicted molar refractivity (Wildman–Crippen MR) is 70.6 cm³/mol. The second-order valence-electron chi connectivity index (χ2n) is 4.91. The van der Waals surface area contributed by atoms with E-state index >= 15 is 0 Å². The number of carbonyl (C=O) groups excluding carboxylic acids is 1. The van der Waals surface area contributed by atoms with Gasteiger partial charge in [0.1, 0.15) is 11.6 Å². The molecule has 1 amide bonds. The van der Waals surface area contributed by atoms with E-state index in [4.69, 9.17) is 5.11 Å². The van der Waals surface area contributed by atoms with Gasteiger partial charge in [-0.05, 0) is 12.3 Å². The Hall–Kier alpha value is -2.38. The molecule has 0 unspecified atom stereocenters. The zero-order valence-electron chi connectivity index (χ0n) is 11.5. The van der Waals surface area contributed by atoms with Gasteiger partial charge in [0.2, 0.25) is 0 Å². The van der Waals surface area contributed by atoms with Gasteiger partial charge in [-0.15, -0.1) is 0 Å². The number of aromatic amines is 1. The molecule has 0 aliphatic carbocycles. The summed E-state index contributed by atoms with van der Waals surface area (Å²) in [5.41, 5.74) is -1.80. The van der Waals surface area contributed by atoms with E-state index in [0.29, 0.717) is 0 Å². The summed E-state index contributed by atoms with van der Waals surface area (Å²) in [6, 6.07) is -1.08. The topological polar surface area (TPSA) is 121 Å². The zero-order chi connectivity index (χ0) is 15.4. The van der Waals surface area contributed by atoms with Crippen molar-refractivity contribution in [2.24, 2.45) is 13.0 Å². The molecule has 1 aromatic rings. The van der Waals surface area contributed by atoms with Crippen molar-refractivity contribution in [1.82, 2.24) is 14.9 Å². The molecule has 1 aromatic heterocycles. The number of hydrogen-bond donors (Lipinski definition) is 3. The zero-order valence-corrected chi connectivity index (χ0v) is 11.5. The van der Waals surface area contributed by atoms with Crippen LogP contribution < -0.4 is 16.6 Å². The summed E-state index contributed by atoms with van der Waals surface area (Å²) in [7, 11) is 1.37. The predicted octanol–water partition coefficient (Wildman–Crippen LogP) is -0.697. The molecule has 8 heteroatoms. The van der Waals surface area contributed by atoms with Crippen molar-refractivity contribution in [1.29, 1.82) is 0 Å². The minimum atomic E-state index is -1.17. The summed E-state index contributed by atoms with van der Waals surface area (Å²) in [5.74, 6) is -1.93. The van der Waals surface area contributed by atoms with Crippen LogP contribution in [-0.4, -0.2) is 32.6 Å². The Balaban J connectivity index is 3.01. The van der Waals surface area contributed by atoms with Crippen molar-refractivity contribution in [2.45, 2.75) is 26.3 Å². The van der Waals surface area contributed by atoms with Gasteiger partial charge in [-0.3, -0.25) is 14.6 Å². The Bertz CT molecular complexity index is 629. The van der Waals surface area contributed by atoms with Crippen LogP contribution in [0.3, 0.4) is 0 Å². The monoisotopic (exact) mass is 283 g/mol. The van der Waals surface area contributed by atoms with Gasteiger partial charge < -0.3 is 15.0 Å². The molecule has 0 fully saturated rings. The molecule has 0 aliphatic rings. The Morgan fingerprint density at radius 2 is 2.00 bits per heavy atom. The maximum Gasteiger partial charge on any atom is 0.328 e. The lowest BCUT2D eigenvalue weighted by Crippen LogP contribution is -2.44. The maximum atomic E-state index is 11.9. The van der Waals surface area contributed by atoms with Crippen LogP contribution in [0.2, 0.25) is 0 Å². The molecule has 0 saturated heterocycles. The molecule has 3 N–H and O–H groups in total. The van der Waals surface area contributed by atoms with Crippen LogP contribution in [0.4, 0.5) is 0 Å². The molecule has 0 bridgehead atoms. The quantitative estimate of drug-likeness (QED) is 0.660. The minimum Gasteiger partial charge on any atom is -0.480 e. The van der Waals surface area contributed by atoms with Crippen molar-refractivity contribution in [3.63, 3.8) is 0 Å². The van der Waals surface area contributed by atoms with Crippen molar-refractivity contribution in [3.05, 3.63) is 32.6 Å². The number of nitrogens with one attached hydrogen (secondary N) is 2. The largest absolute Gasteiger partial charge is 0.480 e. The van der Waals surface area contributed by atoms with E-state index in [0.717, 1.165) is 10.8 Å². The maximum absolute atomic E-state index is 11.9. The first-order valence-electron chi connectivity index (χ1n) is 6.06. The molecule has 1 atom stereocenters. The summed E-state index contributed by atoms with van der Waals surface area (Å²) in [6.07, 6.45) is 1.32. The van der Waals surface area contributed by atoms with Gasteiger partial charge in [-0.25, -0.2) is 9.59 Å². The molecule has 1 rings (SSSR count). The SMILES string of the molecule is CC(C)C[C@H](NC(=O)c1cn(C)c(=O)[nH]c1=O)C(=O)O. The fourth-order valence-electron chi connectivity index (χ4n) is 1.65. The number of aryl methyl sites for hydroxylation is 1. The number of H-pyrrole nitrogens is 1. The summed E-state index contributed by atoms with van der Waals surface area (Å²) >= 11 is 0. The number of nitrogens with zero attached hydrogens (tertiary/aromatic N) is 1. The summed E-state index contributed by atoms with van der Waals surface area (Å²) in [4.78, 5) is 47.6. The number of aromatic nitrogens is 2. The van der Waals surface area contributed by atoms with Crippen LogP contribution in [-0.2, 0) is 11.8 Å². The Morgan fingerprint density at radius 1 is 1.40 bits per heavy atom. The molecular weight excluding hydrogens is 266 g/mol. The fraction of sp³-hybridized carbons (Fsp3) is 0.500. The molecule has 1 heterocycles. The van der Waals surface area contributed by atoms with E-state index in [-0.39, 0.29) is 17.9 Å². The summed E-state index contributed by atoms with van der Waals surface area (Å²) < 4.78 is 1.04. The molecule has 0 radical (unpaired) electrons. The van der Waals surface area contributed by atoms with Gasteiger partial charge >= 0.3 is 11.7 Å². The van der Waals surface area contributed by atoms with Crippen molar-refractivity contribution in [2.75, 3.05) is 0 Å². The number of amides is 1. The van der Waals surface area contributed by atoms with Gasteiger partial charge in [0.25, 0.3) is 11.5 Å². The molecule has 0 aliphatic heterocycles. The second-order valence-corrected chi connectivity index (χ2v) is 4.91. The number of carbonyl (C=O) groups is 2. The normalized spacial score (nSPS) is 12.2. The highest BCUT2D eigenvalue weighted by atomic mass is 16.4. The number of rotatable bonds is 5. The third-order valence-corrected chi connectivity index (χ3v) is 2.66. The van der Waals surface area contributed by atoms with Crippen LogP contribution in [0.5, 0.6) is 0 Å². The van der Waals surface area contributed by atoms with Crippen LogP contribution in [0.15, 0.2) is 15.8 Å². The third-order valence-electron chi connectivity index (χ3n) is 2.66. The first-order valence-corrected chi connectivity index (χ1v) is 6.06. The van der Waals surface area contributed by atoms with Crippen molar-refractivity contribution < 1.29 is 14.7 Å². The van der Waals surface area contributed by atoms with E-state index in [2.05, 4.69) is 5.32 Å². The molecular formula is C12H17N3O5. The van der Waals surface area contributed by atoms with Gasteiger partial charge in [-0.2, -0.15) is 0 Å². The second kappa shape index (κ2) is 6.18. The standard InChI is InChI=1S/C12H17N3O5/c1-6(2)4-8(11(18)19)13-9(16)7-5-15(3)12(20)14-10(7)17/h5-6,8H,4H2,1-3H3,(H,13,16)(H,18,19)(H,14,17,20)/t8-/m0/s1. The van der Waals surface area contributed by atoms with Gasteiger partial charge in [0, 0.05) is 13.2 Å². The molecule has 0 saturated carbocycles. The smallest absolute Gasteiger partial charge is 0.328 e. The molecule has 8 nitrogen and oxygen atoms in total. The average Bonchev–Trinajstić information content (AvgIpc) is 2.32. The number of carboxylic acid groups (broad SMARTS) is 1. The van der Waals surface area contributed by atoms with Crippen molar-refractivity contribution in [3.8, 4) is 0 Å². The van der Waals surface area contributed by atoms with Gasteiger partial charge in [0.15, 0.2) is 0 Å². The first kappa shape index (κ1) is 15.7. The molecule has 0 aromatic carbocycles. The first-order chi connectivity index (χ1) is 9.22. The lowest BCUT2D eigenvalue weighted by atomic mass is 10.0. The Labute approximate surface area is 114 Å². The van der Waals surface area contributed by atoms with Crippen molar-refractivity contribution >= 4 is 11.9 Å². The van der Waals surface area contributed by atoms with E-state index in [1.807, 2.05) is 18.8 Å². The highest BCUT2D eigenvalue weighted by molar-refractivity contribution is 5.95. The third kappa shape index (κ3) is 3.81. The van der Waals surface area contributed by atoms with Gasteiger partial charge in [0.05, 0.1) is 0 Å². The van der Waals surface area contributed by atoms with Crippen LogP contribution in [0, 0.1) is 5.92 Å². The van der Waals surface area contributed by atoms with Gasteiger partial charge in [-0.1, -0.05) is 13.8 Å².